The third-order valence-electron chi connectivity index (χ3n) is 6.80. The molecule has 0 radical (unpaired) electrons. The van der Waals surface area contributed by atoms with Crippen LogP contribution in [0.4, 0.5) is 17.6 Å². The van der Waals surface area contributed by atoms with Crippen molar-refractivity contribution in [3.05, 3.63) is 65.6 Å². The number of nitrogens with zero attached hydrogens (tertiary/aromatic N) is 5. The molecule has 7 nitrogen and oxygen atoms in total. The third kappa shape index (κ3) is 4.35. The maximum absolute atomic E-state index is 14.2. The summed E-state index contributed by atoms with van der Waals surface area (Å²) < 4.78 is 58.8. The lowest BCUT2D eigenvalue weighted by molar-refractivity contribution is -0.137. The fourth-order valence-electron chi connectivity index (χ4n) is 5.15. The molecule has 11 heteroatoms. The van der Waals surface area contributed by atoms with E-state index in [0.717, 1.165) is 24.2 Å². The molecule has 0 unspecified atom stereocenters. The summed E-state index contributed by atoms with van der Waals surface area (Å²) in [5, 5.41) is 8.29. The van der Waals surface area contributed by atoms with Crippen molar-refractivity contribution in [3.8, 4) is 11.6 Å². The van der Waals surface area contributed by atoms with Gasteiger partial charge in [0.05, 0.1) is 41.3 Å². The summed E-state index contributed by atoms with van der Waals surface area (Å²) in [6.07, 6.45) is 0.551. The molecule has 0 N–H and O–H groups in total. The number of hydrogen-bond acceptors (Lipinski definition) is 5. The molecule has 3 aliphatic rings. The zero-order chi connectivity index (χ0) is 24.7. The van der Waals surface area contributed by atoms with Crippen molar-refractivity contribution in [2.24, 2.45) is 5.92 Å². The highest BCUT2D eigenvalue weighted by Crippen LogP contribution is 2.42. The zero-order valence-electron chi connectivity index (χ0n) is 18.8. The first-order valence-corrected chi connectivity index (χ1v) is 11.3. The number of ether oxygens (including phenoxy) is 1. The van der Waals surface area contributed by atoms with E-state index < -0.39 is 36.6 Å². The quantitative estimate of drug-likeness (QED) is 0.497. The van der Waals surface area contributed by atoms with E-state index in [1.807, 2.05) is 6.92 Å². The van der Waals surface area contributed by atoms with E-state index in [1.54, 1.807) is 23.1 Å². The Bertz CT molecular complexity index is 1200. The molecular weight excluding hydrogens is 466 g/mol. The molecule has 184 valence electrons. The van der Waals surface area contributed by atoms with Gasteiger partial charge < -0.3 is 9.64 Å². The lowest BCUT2D eigenvalue weighted by Crippen LogP contribution is -2.65. The predicted octanol–water partition coefficient (Wildman–Crippen LogP) is 4.40. The topological polar surface area (TPSA) is 73.1 Å². The lowest BCUT2D eigenvalue weighted by Gasteiger charge is -2.53. The van der Waals surface area contributed by atoms with E-state index in [1.165, 1.54) is 23.3 Å². The number of hydrogen-bond donors (Lipinski definition) is 0. The van der Waals surface area contributed by atoms with Crippen molar-refractivity contribution in [1.82, 2.24) is 24.9 Å². The van der Waals surface area contributed by atoms with Crippen LogP contribution < -0.4 is 4.74 Å². The maximum Gasteiger partial charge on any atom is 0.417 e. The number of aryl methyl sites for hydroxylation is 1. The Morgan fingerprint density at radius 1 is 1.14 bits per heavy atom. The van der Waals surface area contributed by atoms with Gasteiger partial charge >= 0.3 is 6.18 Å². The number of benzene rings is 1. The largest absolute Gasteiger partial charge is 0.472 e. The number of pyridine rings is 1. The first-order chi connectivity index (χ1) is 16.8. The number of fused-ring (bicyclic) bond motifs is 3. The van der Waals surface area contributed by atoms with Crippen LogP contribution in [0.2, 0.25) is 0 Å². The highest BCUT2D eigenvalue weighted by atomic mass is 19.4. The number of piperidine rings is 2. The summed E-state index contributed by atoms with van der Waals surface area (Å²) in [5.41, 5.74) is 0.860. The lowest BCUT2D eigenvalue weighted by atomic mass is 9.73. The van der Waals surface area contributed by atoms with Crippen molar-refractivity contribution in [2.75, 3.05) is 6.67 Å². The van der Waals surface area contributed by atoms with Crippen molar-refractivity contribution < 1.29 is 27.1 Å². The summed E-state index contributed by atoms with van der Waals surface area (Å²) in [6, 6.07) is 6.30. The van der Waals surface area contributed by atoms with Crippen LogP contribution in [0.25, 0.3) is 5.69 Å². The number of halogens is 4. The minimum absolute atomic E-state index is 0.0384. The smallest absolute Gasteiger partial charge is 0.417 e. The Morgan fingerprint density at radius 2 is 1.91 bits per heavy atom. The summed E-state index contributed by atoms with van der Waals surface area (Å²) in [7, 11) is 0. The highest BCUT2D eigenvalue weighted by Gasteiger charge is 2.50. The molecule has 3 aromatic rings. The van der Waals surface area contributed by atoms with Gasteiger partial charge in [0.2, 0.25) is 5.88 Å². The van der Waals surface area contributed by atoms with Crippen LogP contribution in [0.15, 0.2) is 48.9 Å². The van der Waals surface area contributed by atoms with Crippen molar-refractivity contribution in [1.29, 1.82) is 0 Å². The van der Waals surface area contributed by atoms with Gasteiger partial charge in [0.1, 0.15) is 12.8 Å². The second kappa shape index (κ2) is 8.94. The molecule has 4 atom stereocenters. The molecule has 35 heavy (non-hydrogen) atoms. The Kier molecular flexibility index (Phi) is 5.94. The van der Waals surface area contributed by atoms with Gasteiger partial charge in [-0.25, -0.2) is 9.37 Å². The monoisotopic (exact) mass is 489 g/mol. The van der Waals surface area contributed by atoms with Gasteiger partial charge in [-0.1, -0.05) is 6.07 Å². The molecule has 3 fully saturated rings. The predicted molar refractivity (Wildman–Crippen MR) is 117 cm³/mol. The summed E-state index contributed by atoms with van der Waals surface area (Å²) >= 11 is 0. The normalized spacial score (nSPS) is 24.0. The van der Waals surface area contributed by atoms with Gasteiger partial charge in [0.15, 0.2) is 0 Å². The minimum Gasteiger partial charge on any atom is -0.472 e. The van der Waals surface area contributed by atoms with Crippen LogP contribution in [-0.2, 0) is 6.18 Å². The fraction of sp³-hybridized carbons (Fsp3) is 0.417. The highest BCUT2D eigenvalue weighted by molar-refractivity contribution is 5.98. The van der Waals surface area contributed by atoms with E-state index >= 15 is 0 Å². The molecule has 1 aliphatic carbocycles. The molecule has 6 rings (SSSR count). The first kappa shape index (κ1) is 23.3. The number of carbonyl (C=O) groups excluding carboxylic acids is 1. The van der Waals surface area contributed by atoms with Crippen molar-refractivity contribution in [2.45, 2.75) is 50.6 Å². The van der Waals surface area contributed by atoms with Gasteiger partial charge in [0, 0.05) is 12.3 Å². The first-order valence-electron chi connectivity index (χ1n) is 11.3. The Hall–Kier alpha value is -3.50. The minimum atomic E-state index is -4.50. The SMILES string of the molecule is Cc1ccc(C(=O)N2[C@H](CF)[C@@H]3CC[C@H]2[C@@H](Oc2ccc(C(F)(F)F)cn2)C3)c(-n2nccn2)c1. The summed E-state index contributed by atoms with van der Waals surface area (Å²) in [6.45, 7) is 1.19. The number of carbonyl (C=O) groups is 1. The molecule has 1 aromatic carbocycles. The van der Waals surface area contributed by atoms with E-state index in [9.17, 15) is 22.4 Å². The molecule has 2 aromatic heterocycles. The van der Waals surface area contributed by atoms with Gasteiger partial charge in [-0.15, -0.1) is 0 Å². The van der Waals surface area contributed by atoms with E-state index in [4.69, 9.17) is 4.74 Å². The molecule has 4 heterocycles. The van der Waals surface area contributed by atoms with Crippen LogP contribution in [0.1, 0.15) is 40.7 Å². The van der Waals surface area contributed by atoms with Crippen molar-refractivity contribution in [3.63, 3.8) is 0 Å². The van der Waals surface area contributed by atoms with Crippen LogP contribution >= 0.6 is 0 Å². The molecule has 1 saturated carbocycles. The van der Waals surface area contributed by atoms with Crippen LogP contribution in [0, 0.1) is 12.8 Å². The average Bonchev–Trinajstić information content (AvgIpc) is 3.38. The van der Waals surface area contributed by atoms with Crippen LogP contribution in [0.5, 0.6) is 5.88 Å². The van der Waals surface area contributed by atoms with E-state index in [0.29, 0.717) is 24.1 Å². The van der Waals surface area contributed by atoms with Gasteiger partial charge in [-0.2, -0.15) is 28.2 Å². The van der Waals surface area contributed by atoms with Gasteiger partial charge in [-0.05, 0) is 55.9 Å². The number of amides is 1. The molecule has 1 amide bonds. The van der Waals surface area contributed by atoms with Crippen molar-refractivity contribution >= 4 is 5.91 Å². The second-order valence-corrected chi connectivity index (χ2v) is 8.95. The second-order valence-electron chi connectivity index (χ2n) is 8.95. The Balaban J connectivity index is 1.45. The standard InChI is InChI=1S/C24H23F4N5O2/c1-14-2-5-17(19(10-14)33-30-8-9-31-33)23(34)32-18-6-3-15(20(32)12-25)11-21(18)35-22-7-4-16(13-29-22)24(26,27)28/h2,4-5,7-10,13,15,18,20-21H,3,6,11-12H2,1H3/t15-,18+,20-,21+/m1/s1. The molecular formula is C24H23F4N5O2. The number of rotatable bonds is 5. The Labute approximate surface area is 198 Å². The van der Waals surface area contributed by atoms with Gasteiger partial charge in [-0.3, -0.25) is 4.79 Å². The van der Waals surface area contributed by atoms with Crippen LogP contribution in [-0.4, -0.2) is 55.6 Å². The molecule has 2 aliphatic heterocycles. The number of aromatic nitrogens is 4. The molecule has 0 spiro atoms. The van der Waals surface area contributed by atoms with E-state index in [-0.39, 0.29) is 17.7 Å². The van der Waals surface area contributed by atoms with E-state index in [2.05, 4.69) is 15.2 Å². The third-order valence-corrected chi connectivity index (χ3v) is 6.80. The fourth-order valence-corrected chi connectivity index (χ4v) is 5.15. The molecule has 2 bridgehead atoms. The summed E-state index contributed by atoms with van der Waals surface area (Å²) in [5.74, 6) is -0.454. The molecule has 2 saturated heterocycles. The maximum atomic E-state index is 14.2. The van der Waals surface area contributed by atoms with Crippen LogP contribution in [0.3, 0.4) is 0 Å². The van der Waals surface area contributed by atoms with Gasteiger partial charge in [0.25, 0.3) is 5.91 Å². The number of alkyl halides is 4. The Morgan fingerprint density at radius 3 is 2.57 bits per heavy atom. The average molecular weight is 489 g/mol. The zero-order valence-corrected chi connectivity index (χ0v) is 18.8. The summed E-state index contributed by atoms with van der Waals surface area (Å²) in [4.78, 5) is 20.5.